The fourth-order valence-corrected chi connectivity index (χ4v) is 3.64. The quantitative estimate of drug-likeness (QED) is 0.586. The van der Waals surface area contributed by atoms with Gasteiger partial charge in [-0.15, -0.1) is 0 Å². The van der Waals surface area contributed by atoms with Crippen molar-refractivity contribution in [3.63, 3.8) is 0 Å². The summed E-state index contributed by atoms with van der Waals surface area (Å²) in [6.07, 6.45) is 5.50. The molecule has 2 heterocycles. The number of carbonyl (C=O) groups excluding carboxylic acids is 1. The molecule has 2 aliphatic heterocycles. The van der Waals surface area contributed by atoms with Crippen LogP contribution < -0.4 is 10.6 Å². The smallest absolute Gasteiger partial charge is 0.222 e. The van der Waals surface area contributed by atoms with Gasteiger partial charge in [0.25, 0.3) is 0 Å². The number of hydrogen-bond acceptors (Lipinski definition) is 3. The van der Waals surface area contributed by atoms with E-state index in [0.717, 1.165) is 38.6 Å². The molecule has 2 aliphatic rings. The van der Waals surface area contributed by atoms with Gasteiger partial charge in [0.05, 0.1) is 0 Å². The van der Waals surface area contributed by atoms with Crippen LogP contribution in [0, 0.1) is 0 Å². The van der Waals surface area contributed by atoms with E-state index in [-0.39, 0.29) is 5.91 Å². The zero-order chi connectivity index (χ0) is 16.7. The Kier molecular flexibility index (Phi) is 7.15. The standard InChI is InChI=1S/C17H33N5O/c1-4-16(23)22-11-9-14(13-22)20-17(18-3)19-12-15-8-6-7-10-21(15)5-2/h14-15H,4-13H2,1-3H3,(H2,18,19,20). The number of amides is 1. The van der Waals surface area contributed by atoms with Crippen molar-refractivity contribution >= 4 is 11.9 Å². The second-order valence-corrected chi connectivity index (χ2v) is 6.55. The minimum Gasteiger partial charge on any atom is -0.355 e. The lowest BCUT2D eigenvalue weighted by Crippen LogP contribution is -2.51. The van der Waals surface area contributed by atoms with Crippen molar-refractivity contribution in [3.05, 3.63) is 0 Å². The first-order valence-corrected chi connectivity index (χ1v) is 9.16. The van der Waals surface area contributed by atoms with Crippen molar-refractivity contribution in [1.82, 2.24) is 20.4 Å². The van der Waals surface area contributed by atoms with Gasteiger partial charge in [-0.05, 0) is 32.4 Å². The summed E-state index contributed by atoms with van der Waals surface area (Å²) in [6, 6.07) is 0.916. The molecular formula is C17H33N5O. The second-order valence-electron chi connectivity index (χ2n) is 6.55. The van der Waals surface area contributed by atoms with Crippen LogP contribution in [0.4, 0.5) is 0 Å². The van der Waals surface area contributed by atoms with Crippen LogP contribution in [0.1, 0.15) is 46.0 Å². The molecule has 0 saturated carbocycles. The van der Waals surface area contributed by atoms with E-state index in [2.05, 4.69) is 27.4 Å². The average molecular weight is 323 g/mol. The maximum Gasteiger partial charge on any atom is 0.222 e. The van der Waals surface area contributed by atoms with Gasteiger partial charge in [-0.3, -0.25) is 14.7 Å². The van der Waals surface area contributed by atoms with Crippen molar-refractivity contribution in [3.8, 4) is 0 Å². The molecule has 6 nitrogen and oxygen atoms in total. The summed E-state index contributed by atoms with van der Waals surface area (Å²) in [4.78, 5) is 20.6. The first-order valence-electron chi connectivity index (χ1n) is 9.16. The van der Waals surface area contributed by atoms with Crippen LogP contribution in [0.3, 0.4) is 0 Å². The summed E-state index contributed by atoms with van der Waals surface area (Å²) < 4.78 is 0. The minimum absolute atomic E-state index is 0.248. The van der Waals surface area contributed by atoms with Gasteiger partial charge in [-0.1, -0.05) is 20.3 Å². The van der Waals surface area contributed by atoms with Crippen molar-refractivity contribution in [2.24, 2.45) is 4.99 Å². The van der Waals surface area contributed by atoms with Crippen LogP contribution in [0.5, 0.6) is 0 Å². The van der Waals surface area contributed by atoms with E-state index in [4.69, 9.17) is 0 Å². The molecule has 132 valence electrons. The Balaban J connectivity index is 1.76. The predicted molar refractivity (Wildman–Crippen MR) is 94.7 cm³/mol. The molecule has 2 fully saturated rings. The molecule has 0 spiro atoms. The molecule has 0 aromatic heterocycles. The Morgan fingerprint density at radius 3 is 2.74 bits per heavy atom. The van der Waals surface area contributed by atoms with E-state index in [1.54, 1.807) is 0 Å². The molecule has 6 heteroatoms. The first-order chi connectivity index (χ1) is 11.2. The third kappa shape index (κ3) is 5.09. The van der Waals surface area contributed by atoms with E-state index >= 15 is 0 Å². The highest BCUT2D eigenvalue weighted by Crippen LogP contribution is 2.15. The molecule has 2 unspecified atom stereocenters. The molecule has 2 rings (SSSR count). The van der Waals surface area contributed by atoms with Gasteiger partial charge in [-0.25, -0.2) is 0 Å². The maximum absolute atomic E-state index is 11.8. The monoisotopic (exact) mass is 323 g/mol. The molecule has 0 aromatic carbocycles. The van der Waals surface area contributed by atoms with Gasteiger partial charge in [0.2, 0.25) is 5.91 Å². The summed E-state index contributed by atoms with van der Waals surface area (Å²) in [5, 5.41) is 6.96. The van der Waals surface area contributed by atoms with Crippen LogP contribution >= 0.6 is 0 Å². The number of rotatable bonds is 5. The zero-order valence-corrected chi connectivity index (χ0v) is 15.0. The van der Waals surface area contributed by atoms with Crippen LogP contribution in [-0.4, -0.2) is 73.5 Å². The number of nitrogens with one attached hydrogen (secondary N) is 2. The van der Waals surface area contributed by atoms with E-state index < -0.39 is 0 Å². The third-order valence-corrected chi connectivity index (χ3v) is 5.07. The predicted octanol–water partition coefficient (Wildman–Crippen LogP) is 1.04. The highest BCUT2D eigenvalue weighted by Gasteiger charge is 2.26. The topological polar surface area (TPSA) is 60.0 Å². The Hall–Kier alpha value is -1.30. The fraction of sp³-hybridized carbons (Fsp3) is 0.882. The van der Waals surface area contributed by atoms with E-state index in [0.29, 0.717) is 18.5 Å². The Labute approximate surface area is 140 Å². The number of guanidine groups is 1. The largest absolute Gasteiger partial charge is 0.355 e. The van der Waals surface area contributed by atoms with Gasteiger partial charge >= 0.3 is 0 Å². The maximum atomic E-state index is 11.8. The lowest BCUT2D eigenvalue weighted by atomic mass is 10.0. The van der Waals surface area contributed by atoms with E-state index in [9.17, 15) is 4.79 Å². The minimum atomic E-state index is 0.248. The first kappa shape index (κ1) is 18.0. The number of nitrogens with zero attached hydrogens (tertiary/aromatic N) is 3. The van der Waals surface area contributed by atoms with Crippen LogP contribution in [0.15, 0.2) is 4.99 Å². The number of hydrogen-bond donors (Lipinski definition) is 2. The molecule has 0 bridgehead atoms. The average Bonchev–Trinajstić information content (AvgIpc) is 3.06. The van der Waals surface area contributed by atoms with Gasteiger partial charge in [0.15, 0.2) is 5.96 Å². The summed E-state index contributed by atoms with van der Waals surface area (Å²) in [6.45, 7) is 9.08. The highest BCUT2D eigenvalue weighted by molar-refractivity contribution is 5.80. The number of piperidine rings is 1. The molecule has 0 aromatic rings. The SMILES string of the molecule is CCC(=O)N1CCC(NC(=NC)NCC2CCCCN2CC)C1. The summed E-state index contributed by atoms with van der Waals surface area (Å²) in [7, 11) is 1.82. The normalized spacial score (nSPS) is 26.4. The molecule has 1 amide bonds. The zero-order valence-electron chi connectivity index (χ0n) is 15.0. The van der Waals surface area contributed by atoms with Crippen molar-refractivity contribution in [2.45, 2.75) is 58.0 Å². The van der Waals surface area contributed by atoms with Crippen molar-refractivity contribution in [1.29, 1.82) is 0 Å². The molecular weight excluding hydrogens is 290 g/mol. The molecule has 2 atom stereocenters. The fourth-order valence-electron chi connectivity index (χ4n) is 3.64. The van der Waals surface area contributed by atoms with E-state index in [1.165, 1.54) is 25.8 Å². The summed E-state index contributed by atoms with van der Waals surface area (Å²) in [5.41, 5.74) is 0. The molecule has 0 radical (unpaired) electrons. The van der Waals surface area contributed by atoms with Crippen molar-refractivity contribution in [2.75, 3.05) is 39.8 Å². The van der Waals surface area contributed by atoms with Gasteiger partial charge < -0.3 is 15.5 Å². The number of likely N-dealkylation sites (N-methyl/N-ethyl adjacent to an activating group) is 1. The van der Waals surface area contributed by atoms with Gasteiger partial charge in [0.1, 0.15) is 0 Å². The van der Waals surface area contributed by atoms with Crippen LogP contribution in [0.2, 0.25) is 0 Å². The van der Waals surface area contributed by atoms with Crippen molar-refractivity contribution < 1.29 is 4.79 Å². The Morgan fingerprint density at radius 2 is 2.04 bits per heavy atom. The van der Waals surface area contributed by atoms with Gasteiger partial charge in [-0.2, -0.15) is 0 Å². The summed E-state index contributed by atoms with van der Waals surface area (Å²) >= 11 is 0. The Morgan fingerprint density at radius 1 is 1.22 bits per heavy atom. The van der Waals surface area contributed by atoms with Crippen LogP contribution in [0.25, 0.3) is 0 Å². The second kappa shape index (κ2) is 9.11. The lowest BCUT2D eigenvalue weighted by molar-refractivity contribution is -0.129. The van der Waals surface area contributed by atoms with Gasteiger partial charge in [0, 0.05) is 45.2 Å². The molecule has 0 aliphatic carbocycles. The third-order valence-electron chi connectivity index (χ3n) is 5.07. The molecule has 23 heavy (non-hydrogen) atoms. The Bertz CT molecular complexity index is 412. The van der Waals surface area contributed by atoms with Crippen LogP contribution in [-0.2, 0) is 4.79 Å². The number of carbonyl (C=O) groups is 1. The highest BCUT2D eigenvalue weighted by atomic mass is 16.2. The molecule has 2 N–H and O–H groups in total. The lowest BCUT2D eigenvalue weighted by Gasteiger charge is -2.35. The van der Waals surface area contributed by atoms with E-state index in [1.807, 2.05) is 18.9 Å². The number of likely N-dealkylation sites (tertiary alicyclic amines) is 2. The number of aliphatic imine (C=N–C) groups is 1. The summed E-state index contributed by atoms with van der Waals surface area (Å²) in [5.74, 6) is 1.11. The molecule has 2 saturated heterocycles.